The molecule has 4 aliphatic rings. The van der Waals surface area contributed by atoms with E-state index in [1.807, 2.05) is 71.7 Å². The van der Waals surface area contributed by atoms with Crippen molar-refractivity contribution in [3.63, 3.8) is 0 Å². The van der Waals surface area contributed by atoms with Gasteiger partial charge in [0.15, 0.2) is 5.78 Å². The number of carbonyl (C=O) groups is 4. The van der Waals surface area contributed by atoms with Gasteiger partial charge in [0, 0.05) is 74.7 Å². The molecular formula is C50H62ClF3N6O6. The third-order valence-corrected chi connectivity index (χ3v) is 14.6. The minimum atomic E-state index is -4.92. The topological polar surface area (TPSA) is 110 Å². The number of fused-ring (bicyclic) bond motifs is 4. The van der Waals surface area contributed by atoms with Gasteiger partial charge in [-0.3, -0.25) is 29.0 Å². The third kappa shape index (κ3) is 8.90. The highest BCUT2D eigenvalue weighted by Gasteiger charge is 2.50. The van der Waals surface area contributed by atoms with Gasteiger partial charge in [-0.25, -0.2) is 0 Å². The second kappa shape index (κ2) is 18.9. The molecule has 4 aromatic rings. The fourth-order valence-corrected chi connectivity index (χ4v) is 10.7. The average molecular weight is 936 g/mol. The van der Waals surface area contributed by atoms with E-state index in [9.17, 15) is 32.3 Å². The van der Waals surface area contributed by atoms with Crippen LogP contribution in [0.1, 0.15) is 119 Å². The summed E-state index contributed by atoms with van der Waals surface area (Å²) in [5.74, 6) is -0.640. The van der Waals surface area contributed by atoms with Gasteiger partial charge in [0.05, 0.1) is 46.3 Å². The molecule has 4 aliphatic heterocycles. The van der Waals surface area contributed by atoms with Crippen molar-refractivity contribution in [2.75, 3.05) is 53.9 Å². The Bertz CT molecular complexity index is 2480. The molecule has 0 saturated carbocycles. The summed E-state index contributed by atoms with van der Waals surface area (Å²) in [5, 5.41) is 0.454. The van der Waals surface area contributed by atoms with E-state index >= 15 is 0 Å². The molecule has 0 unspecified atom stereocenters. The molecular weight excluding hydrogens is 873 g/mol. The van der Waals surface area contributed by atoms with E-state index in [4.69, 9.17) is 21.1 Å². The van der Waals surface area contributed by atoms with Crippen LogP contribution in [0.5, 0.6) is 11.5 Å². The summed E-state index contributed by atoms with van der Waals surface area (Å²) in [5.41, 5.74) is 3.65. The summed E-state index contributed by atoms with van der Waals surface area (Å²) in [6, 6.07) is 17.7. The number of rotatable bonds is 8. The predicted octanol–water partition coefficient (Wildman–Crippen LogP) is 8.86. The molecule has 0 N–H and O–H groups in total. The van der Waals surface area contributed by atoms with Crippen molar-refractivity contribution >= 4 is 35.0 Å². The van der Waals surface area contributed by atoms with Crippen molar-refractivity contribution in [3.05, 3.63) is 105 Å². The molecule has 2 aromatic carbocycles. The molecule has 1 atom stereocenters. The fourth-order valence-electron chi connectivity index (χ4n) is 10.5. The maximum absolute atomic E-state index is 13.3. The van der Waals surface area contributed by atoms with Crippen LogP contribution in [0.3, 0.4) is 0 Å². The van der Waals surface area contributed by atoms with Crippen LogP contribution in [0, 0.1) is 12.8 Å². The summed E-state index contributed by atoms with van der Waals surface area (Å²) in [4.78, 5) is 59.5. The Labute approximate surface area is 390 Å². The number of ketones is 2. The highest BCUT2D eigenvalue weighted by molar-refractivity contribution is 6.32. The van der Waals surface area contributed by atoms with Crippen molar-refractivity contribution in [1.82, 2.24) is 28.7 Å². The lowest BCUT2D eigenvalue weighted by Crippen LogP contribution is -2.59. The number of Topliss-reactive ketones (excluding diaryl/α,β-unsaturated/α-hetero) is 2. The number of alkyl halides is 3. The highest BCUT2D eigenvalue weighted by atomic mass is 35.5. The van der Waals surface area contributed by atoms with Crippen molar-refractivity contribution in [2.24, 2.45) is 5.92 Å². The van der Waals surface area contributed by atoms with Crippen LogP contribution in [-0.2, 0) is 24.2 Å². The van der Waals surface area contributed by atoms with Crippen molar-refractivity contribution < 1.29 is 41.8 Å². The van der Waals surface area contributed by atoms with Gasteiger partial charge in [-0.15, -0.1) is 0 Å². The number of ether oxygens (including phenoxy) is 2. The van der Waals surface area contributed by atoms with Crippen molar-refractivity contribution in [2.45, 2.75) is 110 Å². The normalized spacial score (nSPS) is 19.3. The van der Waals surface area contributed by atoms with Crippen molar-refractivity contribution in [3.8, 4) is 11.5 Å². The van der Waals surface area contributed by atoms with Crippen LogP contribution in [0.2, 0.25) is 5.02 Å². The van der Waals surface area contributed by atoms with Gasteiger partial charge in [-0.1, -0.05) is 37.6 Å². The van der Waals surface area contributed by atoms with Crippen LogP contribution >= 0.6 is 11.6 Å². The molecule has 2 spiro atoms. The first-order chi connectivity index (χ1) is 31.1. The Hall–Kier alpha value is -5.12. The Morgan fingerprint density at radius 2 is 1.35 bits per heavy atom. The van der Waals surface area contributed by atoms with E-state index in [0.29, 0.717) is 78.9 Å². The molecule has 8 rings (SSSR count). The first-order valence-corrected chi connectivity index (χ1v) is 23.2. The highest BCUT2D eigenvalue weighted by Crippen LogP contribution is 2.45. The Balaban J connectivity index is 0.000000196. The largest absolute Gasteiger partial charge is 0.496 e. The predicted molar refractivity (Wildman–Crippen MR) is 247 cm³/mol. The van der Waals surface area contributed by atoms with E-state index < -0.39 is 17.5 Å². The van der Waals surface area contributed by atoms with Gasteiger partial charge in [0.25, 0.3) is 17.6 Å². The van der Waals surface area contributed by atoms with E-state index in [-0.39, 0.29) is 46.9 Å². The second-order valence-corrected chi connectivity index (χ2v) is 19.2. The molecule has 356 valence electrons. The smallest absolute Gasteiger partial charge is 0.456 e. The molecule has 16 heteroatoms. The van der Waals surface area contributed by atoms with Gasteiger partial charge in [-0.2, -0.15) is 13.2 Å². The number of benzene rings is 2. The SMILES string of the molecule is CC(C)Oc1ccc(C(=O)N2CCC3(CC2)c2ccc(C(=O)C(C)C)n2CCN3C)cc1Cl.COc1c(C)cccc1C(=O)N1CCC2(CC1)c1ccc(C(=O)C(F)(F)F)n1C[C@H](C)N2C. The number of methoxy groups -OCH3 is 1. The van der Waals surface area contributed by atoms with Crippen LogP contribution < -0.4 is 9.47 Å². The number of hydrogen-bond acceptors (Lipinski definition) is 8. The molecule has 2 aromatic heterocycles. The van der Waals surface area contributed by atoms with E-state index in [2.05, 4.69) is 27.5 Å². The maximum atomic E-state index is 13.3. The van der Waals surface area contributed by atoms with Gasteiger partial charge in [0.2, 0.25) is 0 Å². The molecule has 2 amide bonds. The summed E-state index contributed by atoms with van der Waals surface area (Å²) in [6.07, 6.45) is -2.13. The Morgan fingerprint density at radius 1 is 0.758 bits per heavy atom. The fraction of sp³-hybridized carbons (Fsp3) is 0.520. The van der Waals surface area contributed by atoms with Crippen LogP contribution in [-0.4, -0.2) is 124 Å². The minimum Gasteiger partial charge on any atom is -0.496 e. The zero-order valence-corrected chi connectivity index (χ0v) is 40.2. The van der Waals surface area contributed by atoms with Gasteiger partial charge in [-0.05, 0) is 122 Å². The molecule has 0 bridgehead atoms. The summed E-state index contributed by atoms with van der Waals surface area (Å²) >= 11 is 6.37. The number of carbonyl (C=O) groups excluding carboxylic acids is 4. The lowest BCUT2D eigenvalue weighted by Gasteiger charge is -2.53. The standard InChI is InChI=1S/C26H34ClN3O3.C24H28F3N3O3/c1-17(2)24(31)21-7-9-23-26(28(5)14-15-30(21)23)10-12-29(13-11-26)25(32)19-6-8-22(20(27)16-19)33-18(3)4;1-15-6-5-7-17(20(15)33-4)22(32)29-12-10-23(11-13-29)19-9-8-18(21(31)24(25,26)27)30(19)14-16(2)28(23)3/h6-9,16-18H,10-15H2,1-5H3;5-9,16H,10-14H2,1-4H3/t;16-/m.0/s1. The monoisotopic (exact) mass is 934 g/mol. The number of nitrogens with zero attached hydrogens (tertiary/aromatic N) is 6. The van der Waals surface area contributed by atoms with E-state index in [1.165, 1.54) is 23.4 Å². The number of para-hydroxylation sites is 1. The van der Waals surface area contributed by atoms with E-state index in [1.54, 1.807) is 35.2 Å². The number of likely N-dealkylation sites (N-methyl/N-ethyl adjacent to an activating group) is 2. The van der Waals surface area contributed by atoms with Crippen LogP contribution in [0.4, 0.5) is 13.2 Å². The lowest BCUT2D eigenvalue weighted by molar-refractivity contribution is -0.0894. The van der Waals surface area contributed by atoms with Crippen LogP contribution in [0.25, 0.3) is 0 Å². The number of hydrogen-bond donors (Lipinski definition) is 0. The van der Waals surface area contributed by atoms with Crippen LogP contribution in [0.15, 0.2) is 60.7 Å². The second-order valence-electron chi connectivity index (χ2n) is 18.8. The molecule has 2 saturated heterocycles. The molecule has 0 aliphatic carbocycles. The van der Waals surface area contributed by atoms with Crippen molar-refractivity contribution in [1.29, 1.82) is 0 Å². The molecule has 66 heavy (non-hydrogen) atoms. The molecule has 2 fully saturated rings. The quantitative estimate of drug-likeness (QED) is 0.161. The van der Waals surface area contributed by atoms with E-state index in [0.717, 1.165) is 37.2 Å². The minimum absolute atomic E-state index is 0.00707. The number of amides is 2. The first-order valence-electron chi connectivity index (χ1n) is 22.8. The zero-order chi connectivity index (χ0) is 48.0. The number of piperidine rings is 2. The number of halogens is 4. The van der Waals surface area contributed by atoms with Gasteiger partial charge >= 0.3 is 6.18 Å². The summed E-state index contributed by atoms with van der Waals surface area (Å²) < 4.78 is 54.3. The summed E-state index contributed by atoms with van der Waals surface area (Å²) in [6.45, 7) is 15.8. The summed E-state index contributed by atoms with van der Waals surface area (Å²) in [7, 11) is 5.66. The molecule has 0 radical (unpaired) electrons. The van der Waals surface area contributed by atoms with Gasteiger partial charge in [0.1, 0.15) is 11.5 Å². The molecule has 6 heterocycles. The Kier molecular flexibility index (Phi) is 14.0. The zero-order valence-electron chi connectivity index (χ0n) is 39.4. The maximum Gasteiger partial charge on any atom is 0.456 e. The first kappa shape index (κ1) is 48.8. The number of aromatic nitrogens is 2. The van der Waals surface area contributed by atoms with Gasteiger partial charge < -0.3 is 28.4 Å². The molecule has 12 nitrogen and oxygen atoms in total. The third-order valence-electron chi connectivity index (χ3n) is 14.3. The number of aryl methyl sites for hydroxylation is 1. The Morgan fingerprint density at radius 3 is 1.92 bits per heavy atom. The lowest BCUT2D eigenvalue weighted by atomic mass is 9.80. The number of likely N-dealkylation sites (tertiary alicyclic amines) is 2. The average Bonchev–Trinajstić information content (AvgIpc) is 3.92.